The minimum absolute atomic E-state index is 0.0412. The van der Waals surface area contributed by atoms with Crippen molar-refractivity contribution in [2.75, 3.05) is 40.9 Å². The van der Waals surface area contributed by atoms with Gasteiger partial charge in [-0.3, -0.25) is 13.8 Å². The molecule has 0 rings (SSSR count). The van der Waals surface area contributed by atoms with Gasteiger partial charge >= 0.3 is 7.82 Å². The number of allylic oxidation sites excluding steroid dienone is 15. The number of amides is 1. The number of phosphoric ester groups is 1. The molecule has 0 saturated heterocycles. The van der Waals surface area contributed by atoms with Crippen LogP contribution >= 0.6 is 7.82 Å². The van der Waals surface area contributed by atoms with Gasteiger partial charge in [-0.15, -0.1) is 0 Å². The maximum absolute atomic E-state index is 12.8. The van der Waals surface area contributed by atoms with Crippen LogP contribution in [0.4, 0.5) is 0 Å². The lowest BCUT2D eigenvalue weighted by Gasteiger charge is -2.25. The minimum Gasteiger partial charge on any atom is -0.387 e. The van der Waals surface area contributed by atoms with E-state index in [0.29, 0.717) is 17.4 Å². The van der Waals surface area contributed by atoms with E-state index in [0.717, 1.165) is 70.6 Å². The number of hydrogen-bond acceptors (Lipinski definition) is 5. The molecular formula is C43H74N2O6P+. The first-order chi connectivity index (χ1) is 25.0. The Morgan fingerprint density at radius 1 is 0.673 bits per heavy atom. The molecule has 1 amide bonds. The molecule has 0 fully saturated rings. The summed E-state index contributed by atoms with van der Waals surface area (Å²) in [5, 5.41) is 13.6. The average molecular weight is 746 g/mol. The molecule has 0 aromatic rings. The zero-order valence-corrected chi connectivity index (χ0v) is 34.1. The van der Waals surface area contributed by atoms with Gasteiger partial charge in [0, 0.05) is 6.42 Å². The number of likely N-dealkylation sites (N-methyl/N-ethyl adjacent to an activating group) is 1. The molecule has 0 aliphatic heterocycles. The highest BCUT2D eigenvalue weighted by atomic mass is 31.2. The number of carbonyl (C=O) groups is 1. The van der Waals surface area contributed by atoms with Gasteiger partial charge in [-0.05, 0) is 83.5 Å². The van der Waals surface area contributed by atoms with E-state index >= 15 is 0 Å². The Labute approximate surface area is 318 Å². The van der Waals surface area contributed by atoms with E-state index in [2.05, 4.69) is 104 Å². The molecule has 0 radical (unpaired) electrons. The molecule has 0 aliphatic carbocycles. The van der Waals surface area contributed by atoms with Crippen molar-refractivity contribution in [2.24, 2.45) is 0 Å². The molecule has 52 heavy (non-hydrogen) atoms. The summed E-state index contributed by atoms with van der Waals surface area (Å²) in [6.07, 6.45) is 47.8. The van der Waals surface area contributed by atoms with Gasteiger partial charge in [0.25, 0.3) is 0 Å². The first kappa shape index (κ1) is 49.4. The van der Waals surface area contributed by atoms with Gasteiger partial charge in [-0.25, -0.2) is 4.57 Å². The highest BCUT2D eigenvalue weighted by molar-refractivity contribution is 7.47. The maximum atomic E-state index is 12.8. The second-order valence-corrected chi connectivity index (χ2v) is 15.4. The largest absolute Gasteiger partial charge is 0.472 e. The van der Waals surface area contributed by atoms with Gasteiger partial charge in [0.05, 0.1) is 39.9 Å². The van der Waals surface area contributed by atoms with Gasteiger partial charge in [0.2, 0.25) is 5.91 Å². The van der Waals surface area contributed by atoms with Crippen LogP contribution in [0.3, 0.4) is 0 Å². The Hall–Kier alpha value is -2.58. The predicted octanol–water partition coefficient (Wildman–Crippen LogP) is 10.4. The Bertz CT molecular complexity index is 1160. The van der Waals surface area contributed by atoms with Crippen molar-refractivity contribution in [3.63, 3.8) is 0 Å². The third-order valence-electron chi connectivity index (χ3n) is 7.79. The zero-order chi connectivity index (χ0) is 38.6. The van der Waals surface area contributed by atoms with E-state index in [1.807, 2.05) is 27.2 Å². The fourth-order valence-electron chi connectivity index (χ4n) is 4.64. The molecule has 0 spiro atoms. The molecule has 3 N–H and O–H groups in total. The van der Waals surface area contributed by atoms with E-state index in [9.17, 15) is 19.4 Å². The van der Waals surface area contributed by atoms with Crippen molar-refractivity contribution < 1.29 is 32.9 Å². The predicted molar refractivity (Wildman–Crippen MR) is 221 cm³/mol. The van der Waals surface area contributed by atoms with Crippen LogP contribution in [0.5, 0.6) is 0 Å². The lowest BCUT2D eigenvalue weighted by Crippen LogP contribution is -2.45. The van der Waals surface area contributed by atoms with Gasteiger partial charge in [0.15, 0.2) is 0 Å². The molecular weight excluding hydrogens is 671 g/mol. The smallest absolute Gasteiger partial charge is 0.387 e. The summed E-state index contributed by atoms with van der Waals surface area (Å²) in [6.45, 7) is 4.54. The van der Waals surface area contributed by atoms with Gasteiger partial charge in [-0.2, -0.15) is 0 Å². The number of rotatable bonds is 33. The summed E-state index contributed by atoms with van der Waals surface area (Å²) in [7, 11) is 1.50. The molecule has 0 bridgehead atoms. The lowest BCUT2D eigenvalue weighted by atomic mass is 10.1. The summed E-state index contributed by atoms with van der Waals surface area (Å²) in [5.74, 6) is -0.238. The number of carbonyl (C=O) groups excluding carboxylic acids is 1. The van der Waals surface area contributed by atoms with Crippen LogP contribution in [0.1, 0.15) is 117 Å². The van der Waals surface area contributed by atoms with Crippen molar-refractivity contribution in [3.8, 4) is 0 Å². The number of aliphatic hydroxyl groups is 1. The van der Waals surface area contributed by atoms with Crippen LogP contribution in [-0.2, 0) is 18.4 Å². The van der Waals surface area contributed by atoms with Crippen LogP contribution in [0, 0.1) is 0 Å². The fourth-order valence-corrected chi connectivity index (χ4v) is 5.38. The quantitative estimate of drug-likeness (QED) is 0.0267. The standard InChI is InChI=1S/C43H73N2O6P/c1-6-8-10-12-14-16-17-18-19-20-21-22-23-24-25-26-27-29-31-33-35-37-43(47)44-41(40-51-52(48,49)50-39-38-45(3,4)5)42(46)36-34-32-30-28-15-13-11-9-7-2/h8,10,14-16,18-19,21-22,24-25,27-29,34,36,41-42,46H,6-7,9,11-13,17,20,23,26,30-33,35,37-40H2,1-5H3,(H-,44,47,48,49)/p+1/b10-8-,16-14-,19-18-,22-21-,25-24-,28-15+,29-27-,36-34+. The first-order valence-corrected chi connectivity index (χ1v) is 21.1. The lowest BCUT2D eigenvalue weighted by molar-refractivity contribution is -0.870. The minimum atomic E-state index is -4.35. The molecule has 296 valence electrons. The van der Waals surface area contributed by atoms with Crippen LogP contribution in [0.25, 0.3) is 0 Å². The van der Waals surface area contributed by atoms with Crippen LogP contribution in [0.2, 0.25) is 0 Å². The summed E-state index contributed by atoms with van der Waals surface area (Å²) in [5.41, 5.74) is 0. The Balaban J connectivity index is 4.55. The number of phosphoric acid groups is 1. The normalized spacial score (nSPS) is 15.6. The summed E-state index contributed by atoms with van der Waals surface area (Å²) < 4.78 is 23.4. The van der Waals surface area contributed by atoms with E-state index in [1.54, 1.807) is 6.08 Å². The van der Waals surface area contributed by atoms with E-state index < -0.39 is 20.0 Å². The van der Waals surface area contributed by atoms with Crippen molar-refractivity contribution in [3.05, 3.63) is 97.2 Å². The third-order valence-corrected chi connectivity index (χ3v) is 8.77. The number of nitrogens with zero attached hydrogens (tertiary/aromatic N) is 1. The van der Waals surface area contributed by atoms with E-state index in [-0.39, 0.29) is 25.5 Å². The van der Waals surface area contributed by atoms with Crippen molar-refractivity contribution >= 4 is 13.7 Å². The van der Waals surface area contributed by atoms with Gasteiger partial charge in [-0.1, -0.05) is 124 Å². The average Bonchev–Trinajstić information content (AvgIpc) is 3.09. The summed E-state index contributed by atoms with van der Waals surface area (Å²) in [4.78, 5) is 23.0. The van der Waals surface area contributed by atoms with Crippen molar-refractivity contribution in [1.29, 1.82) is 0 Å². The summed E-state index contributed by atoms with van der Waals surface area (Å²) in [6, 6.07) is -0.890. The molecule has 9 heteroatoms. The van der Waals surface area contributed by atoms with E-state index in [4.69, 9.17) is 9.05 Å². The molecule has 8 nitrogen and oxygen atoms in total. The van der Waals surface area contributed by atoms with Crippen LogP contribution in [-0.4, -0.2) is 73.4 Å². The first-order valence-electron chi connectivity index (χ1n) is 19.6. The number of unbranched alkanes of at least 4 members (excludes halogenated alkanes) is 6. The molecule has 0 heterocycles. The zero-order valence-electron chi connectivity index (χ0n) is 33.2. The topological polar surface area (TPSA) is 105 Å². The summed E-state index contributed by atoms with van der Waals surface area (Å²) >= 11 is 0. The number of aliphatic hydroxyl groups excluding tert-OH is 1. The van der Waals surface area contributed by atoms with Gasteiger partial charge in [0.1, 0.15) is 13.2 Å². The Kier molecular flexibility index (Phi) is 32.5. The molecule has 0 aromatic carbocycles. The number of nitrogens with one attached hydrogen (secondary N) is 1. The number of quaternary nitrogens is 1. The van der Waals surface area contributed by atoms with Crippen LogP contribution in [0.15, 0.2) is 97.2 Å². The molecule has 0 aliphatic rings. The molecule has 3 unspecified atom stereocenters. The number of hydrogen-bond donors (Lipinski definition) is 3. The second-order valence-electron chi connectivity index (χ2n) is 13.9. The highest BCUT2D eigenvalue weighted by Crippen LogP contribution is 2.43. The Morgan fingerprint density at radius 2 is 1.15 bits per heavy atom. The highest BCUT2D eigenvalue weighted by Gasteiger charge is 2.27. The van der Waals surface area contributed by atoms with Crippen molar-refractivity contribution in [1.82, 2.24) is 5.32 Å². The SMILES string of the molecule is CC/C=C\C/C=C\C/C=C\C/C=C\C/C=C\C/C=C\CCCCC(=O)NC(COP(=O)(O)OCC[N+](C)(C)C)C(O)/C=C/CC/C=C/CCCCC. The monoisotopic (exact) mass is 746 g/mol. The third kappa shape index (κ3) is 35.8. The molecule has 3 atom stereocenters. The van der Waals surface area contributed by atoms with Crippen molar-refractivity contribution in [2.45, 2.75) is 129 Å². The maximum Gasteiger partial charge on any atom is 0.472 e. The van der Waals surface area contributed by atoms with Crippen LogP contribution < -0.4 is 5.32 Å². The van der Waals surface area contributed by atoms with E-state index in [1.165, 1.54) is 19.3 Å². The molecule has 0 saturated carbocycles. The van der Waals surface area contributed by atoms with Gasteiger partial charge < -0.3 is 19.8 Å². The fraction of sp³-hybridized carbons (Fsp3) is 0.605. The Morgan fingerprint density at radius 3 is 1.69 bits per heavy atom. The molecule has 0 aromatic heterocycles. The second kappa shape index (κ2) is 34.2.